The molecule has 3 aromatic rings. The second-order valence-corrected chi connectivity index (χ2v) is 6.46. The molecule has 0 saturated carbocycles. The first-order valence-corrected chi connectivity index (χ1v) is 8.72. The van der Waals surface area contributed by atoms with E-state index in [1.807, 2.05) is 37.3 Å². The molecule has 0 aliphatic carbocycles. The van der Waals surface area contributed by atoms with E-state index in [1.54, 1.807) is 13.2 Å². The van der Waals surface area contributed by atoms with Crippen LogP contribution in [-0.2, 0) is 16.0 Å². The molecule has 5 heteroatoms. The van der Waals surface area contributed by atoms with Gasteiger partial charge in [0.05, 0.1) is 6.61 Å². The van der Waals surface area contributed by atoms with Crippen LogP contribution in [0.2, 0.25) is 0 Å². The Bertz CT molecular complexity index is 890. The van der Waals surface area contributed by atoms with Crippen molar-refractivity contribution in [1.82, 2.24) is 10.3 Å². The molecule has 4 nitrogen and oxygen atoms in total. The Balaban J connectivity index is 1.88. The summed E-state index contributed by atoms with van der Waals surface area (Å²) in [6.07, 6.45) is 0.858. The van der Waals surface area contributed by atoms with Crippen molar-refractivity contribution in [1.29, 1.82) is 0 Å². The van der Waals surface area contributed by atoms with Crippen LogP contribution in [0, 0.1) is 5.82 Å². The van der Waals surface area contributed by atoms with Crippen LogP contribution in [0.15, 0.2) is 48.5 Å². The monoisotopic (exact) mass is 354 g/mol. The maximum atomic E-state index is 13.8. The van der Waals surface area contributed by atoms with E-state index in [2.05, 4.69) is 10.3 Å². The number of rotatable bonds is 7. The van der Waals surface area contributed by atoms with Crippen molar-refractivity contribution in [3.63, 3.8) is 0 Å². The van der Waals surface area contributed by atoms with Crippen molar-refractivity contribution in [3.05, 3.63) is 59.9 Å². The molecule has 0 fully saturated rings. The van der Waals surface area contributed by atoms with Gasteiger partial charge in [-0.3, -0.25) is 4.79 Å². The number of hydrogen-bond acceptors (Lipinski definition) is 2. The second kappa shape index (κ2) is 8.15. The minimum atomic E-state index is -0.282. The summed E-state index contributed by atoms with van der Waals surface area (Å²) in [5.74, 6) is -0.324. The number of carbonyl (C=O) groups is 1. The Hall–Kier alpha value is -2.66. The van der Waals surface area contributed by atoms with Crippen LogP contribution in [-0.4, -0.2) is 30.6 Å². The fraction of sp³-hybridized carbons (Fsp3) is 0.286. The van der Waals surface area contributed by atoms with Gasteiger partial charge in [-0.1, -0.05) is 30.3 Å². The number of benzene rings is 2. The molecule has 0 spiro atoms. The standard InChI is InChI=1S/C21H23FN2O2/c1-14(13-26-2)23-20(25)11-9-17-18-12-16(22)8-10-19(18)24-21(17)15-6-4-3-5-7-15/h3-8,10,12,14,24H,9,11,13H2,1-2H3,(H,23,25). The molecule has 1 unspecified atom stereocenters. The summed E-state index contributed by atoms with van der Waals surface area (Å²) in [7, 11) is 1.61. The fourth-order valence-corrected chi connectivity index (χ4v) is 3.21. The van der Waals surface area contributed by atoms with Gasteiger partial charge in [-0.2, -0.15) is 0 Å². The Morgan fingerprint density at radius 1 is 1.23 bits per heavy atom. The number of methoxy groups -OCH3 is 1. The summed E-state index contributed by atoms with van der Waals surface area (Å²) in [5.41, 5.74) is 3.78. The van der Waals surface area contributed by atoms with Crippen LogP contribution < -0.4 is 5.32 Å². The Morgan fingerprint density at radius 2 is 2.00 bits per heavy atom. The lowest BCUT2D eigenvalue weighted by atomic mass is 10.0. The molecule has 2 N–H and O–H groups in total. The van der Waals surface area contributed by atoms with Gasteiger partial charge in [0.15, 0.2) is 0 Å². The molecule has 26 heavy (non-hydrogen) atoms. The molecular weight excluding hydrogens is 331 g/mol. The van der Waals surface area contributed by atoms with E-state index in [4.69, 9.17) is 4.74 Å². The number of carbonyl (C=O) groups excluding carboxylic acids is 1. The van der Waals surface area contributed by atoms with E-state index in [0.29, 0.717) is 19.4 Å². The smallest absolute Gasteiger partial charge is 0.220 e. The Labute approximate surface area is 152 Å². The maximum Gasteiger partial charge on any atom is 0.220 e. The van der Waals surface area contributed by atoms with E-state index < -0.39 is 0 Å². The lowest BCUT2D eigenvalue weighted by Gasteiger charge is -2.13. The Kier molecular flexibility index (Phi) is 5.68. The highest BCUT2D eigenvalue weighted by molar-refractivity contribution is 5.91. The molecule has 1 amide bonds. The number of halogens is 1. The van der Waals surface area contributed by atoms with Gasteiger partial charge < -0.3 is 15.0 Å². The topological polar surface area (TPSA) is 54.1 Å². The highest BCUT2D eigenvalue weighted by Crippen LogP contribution is 2.31. The molecule has 2 aromatic carbocycles. The largest absolute Gasteiger partial charge is 0.383 e. The van der Waals surface area contributed by atoms with Gasteiger partial charge in [0.25, 0.3) is 0 Å². The molecule has 1 aromatic heterocycles. The van der Waals surface area contributed by atoms with Crippen molar-refractivity contribution in [2.24, 2.45) is 0 Å². The summed E-state index contributed by atoms with van der Waals surface area (Å²) < 4.78 is 18.8. The van der Waals surface area contributed by atoms with Gasteiger partial charge in [-0.25, -0.2) is 4.39 Å². The van der Waals surface area contributed by atoms with Crippen molar-refractivity contribution in [3.8, 4) is 11.3 Å². The van der Waals surface area contributed by atoms with Gasteiger partial charge in [-0.15, -0.1) is 0 Å². The Morgan fingerprint density at radius 3 is 2.73 bits per heavy atom. The van der Waals surface area contributed by atoms with E-state index >= 15 is 0 Å². The highest BCUT2D eigenvalue weighted by Gasteiger charge is 2.16. The summed E-state index contributed by atoms with van der Waals surface area (Å²) in [6, 6.07) is 14.6. The molecule has 0 aliphatic heterocycles. The van der Waals surface area contributed by atoms with Crippen molar-refractivity contribution in [2.75, 3.05) is 13.7 Å². The van der Waals surface area contributed by atoms with Crippen LogP contribution in [0.3, 0.4) is 0 Å². The third kappa shape index (κ3) is 4.11. The van der Waals surface area contributed by atoms with Gasteiger partial charge >= 0.3 is 0 Å². The third-order valence-electron chi connectivity index (χ3n) is 4.36. The zero-order chi connectivity index (χ0) is 18.5. The molecule has 1 atom stereocenters. The minimum absolute atomic E-state index is 0.0403. The van der Waals surface area contributed by atoms with E-state index in [1.165, 1.54) is 12.1 Å². The van der Waals surface area contributed by atoms with Crippen LogP contribution >= 0.6 is 0 Å². The summed E-state index contributed by atoms with van der Waals surface area (Å²) in [6.45, 7) is 2.37. The minimum Gasteiger partial charge on any atom is -0.383 e. The quantitative estimate of drug-likeness (QED) is 0.672. The van der Waals surface area contributed by atoms with Crippen molar-refractivity contribution < 1.29 is 13.9 Å². The first-order valence-electron chi connectivity index (χ1n) is 8.72. The average Bonchev–Trinajstić information content (AvgIpc) is 2.98. The molecule has 0 bridgehead atoms. The molecular formula is C21H23FN2O2. The molecule has 3 rings (SSSR count). The predicted octanol–water partition coefficient (Wildman–Crippen LogP) is 4.06. The number of aryl methyl sites for hydroxylation is 1. The number of hydrogen-bond donors (Lipinski definition) is 2. The SMILES string of the molecule is COCC(C)NC(=O)CCc1c(-c2ccccc2)[nH]c2ccc(F)cc12. The number of nitrogens with one attached hydrogen (secondary N) is 2. The van der Waals surface area contributed by atoms with Gasteiger partial charge in [0.1, 0.15) is 5.82 Å². The first-order chi connectivity index (χ1) is 12.6. The molecule has 1 heterocycles. The van der Waals surface area contributed by atoms with Crippen molar-refractivity contribution >= 4 is 16.8 Å². The highest BCUT2D eigenvalue weighted by atomic mass is 19.1. The summed E-state index contributed by atoms with van der Waals surface area (Å²) in [5, 5.41) is 3.73. The third-order valence-corrected chi connectivity index (χ3v) is 4.36. The zero-order valence-corrected chi connectivity index (χ0v) is 15.0. The van der Waals surface area contributed by atoms with E-state index in [0.717, 1.165) is 27.7 Å². The number of amides is 1. The first kappa shape index (κ1) is 18.1. The number of ether oxygens (including phenoxy) is 1. The summed E-state index contributed by atoms with van der Waals surface area (Å²) in [4.78, 5) is 15.6. The van der Waals surface area contributed by atoms with Gasteiger partial charge in [-0.05, 0) is 42.7 Å². The fourth-order valence-electron chi connectivity index (χ4n) is 3.21. The van der Waals surface area contributed by atoms with Crippen LogP contribution in [0.1, 0.15) is 18.9 Å². The number of aromatic nitrogens is 1. The molecule has 0 saturated heterocycles. The van der Waals surface area contributed by atoms with Crippen LogP contribution in [0.25, 0.3) is 22.2 Å². The molecule has 0 radical (unpaired) electrons. The van der Waals surface area contributed by atoms with Gasteiger partial charge in [0, 0.05) is 36.2 Å². The molecule has 0 aliphatic rings. The van der Waals surface area contributed by atoms with Crippen LogP contribution in [0.5, 0.6) is 0 Å². The van der Waals surface area contributed by atoms with E-state index in [-0.39, 0.29) is 17.8 Å². The lowest BCUT2D eigenvalue weighted by molar-refractivity contribution is -0.122. The number of aromatic amines is 1. The van der Waals surface area contributed by atoms with Crippen molar-refractivity contribution in [2.45, 2.75) is 25.8 Å². The number of fused-ring (bicyclic) bond motifs is 1. The van der Waals surface area contributed by atoms with Gasteiger partial charge in [0.2, 0.25) is 5.91 Å². The maximum absolute atomic E-state index is 13.8. The zero-order valence-electron chi connectivity index (χ0n) is 15.0. The number of H-pyrrole nitrogens is 1. The average molecular weight is 354 g/mol. The normalized spacial score (nSPS) is 12.3. The second-order valence-electron chi connectivity index (χ2n) is 6.46. The summed E-state index contributed by atoms with van der Waals surface area (Å²) >= 11 is 0. The van der Waals surface area contributed by atoms with E-state index in [9.17, 15) is 9.18 Å². The molecule has 136 valence electrons. The van der Waals surface area contributed by atoms with Crippen LogP contribution in [0.4, 0.5) is 4.39 Å². The lowest BCUT2D eigenvalue weighted by Crippen LogP contribution is -2.35. The predicted molar refractivity (Wildman–Crippen MR) is 101 cm³/mol.